The molecule has 4 heterocycles. The summed E-state index contributed by atoms with van der Waals surface area (Å²) in [7, 11) is 0. The van der Waals surface area contributed by atoms with Crippen molar-refractivity contribution in [2.24, 2.45) is 0 Å². The van der Waals surface area contributed by atoms with E-state index in [9.17, 15) is 66.1 Å². The zero-order valence-corrected chi connectivity index (χ0v) is 26.2. The summed E-state index contributed by atoms with van der Waals surface area (Å²) < 4.78 is 28.9. The number of rotatable bonds is 6. The Kier molecular flexibility index (Phi) is 10.1. The average Bonchev–Trinajstić information content (AvgIpc) is 3.08. The molecule has 1 aromatic heterocycles. The van der Waals surface area contributed by atoms with Crippen LogP contribution in [0.4, 0.5) is 0 Å². The summed E-state index contributed by atoms with van der Waals surface area (Å²) in [5.41, 5.74) is -2.53. The lowest BCUT2D eigenvalue weighted by Gasteiger charge is -2.46. The summed E-state index contributed by atoms with van der Waals surface area (Å²) in [6.07, 6.45) is -24.7. The molecule has 6 rings (SSSR count). The third-order valence-electron chi connectivity index (χ3n) is 9.38. The molecule has 3 aliphatic rings. The van der Waals surface area contributed by atoms with Crippen LogP contribution in [0.2, 0.25) is 0 Å². The van der Waals surface area contributed by atoms with Crippen LogP contribution < -0.4 is 5.43 Å². The van der Waals surface area contributed by atoms with E-state index in [0.29, 0.717) is 0 Å². The van der Waals surface area contributed by atoms with Gasteiger partial charge in [-0.05, 0) is 31.2 Å². The smallest absolute Gasteiger partial charge is 0.197 e. The number of fused-ring (bicyclic) bond motifs is 1. The van der Waals surface area contributed by atoms with Gasteiger partial charge in [0, 0.05) is 11.6 Å². The van der Waals surface area contributed by atoms with Crippen molar-refractivity contribution in [1.29, 1.82) is 0 Å². The van der Waals surface area contributed by atoms with Crippen LogP contribution in [0.3, 0.4) is 0 Å². The summed E-state index contributed by atoms with van der Waals surface area (Å²) in [6.45, 7) is -0.146. The highest BCUT2D eigenvalue weighted by atomic mass is 16.7. The number of phenols is 3. The Morgan fingerprint density at radius 2 is 1.44 bits per heavy atom. The largest absolute Gasteiger partial charge is 0.508 e. The van der Waals surface area contributed by atoms with Gasteiger partial charge in [0.25, 0.3) is 0 Å². The minimum absolute atomic E-state index is 0.117. The van der Waals surface area contributed by atoms with Crippen molar-refractivity contribution in [3.05, 3.63) is 51.7 Å². The van der Waals surface area contributed by atoms with Crippen LogP contribution in [0.25, 0.3) is 22.3 Å². The van der Waals surface area contributed by atoms with E-state index in [0.717, 1.165) is 6.07 Å². The Bertz CT molecular complexity index is 1750. The third-order valence-corrected chi connectivity index (χ3v) is 9.38. The van der Waals surface area contributed by atoms with E-state index < -0.39 is 138 Å². The molecule has 0 amide bonds. The van der Waals surface area contributed by atoms with Crippen molar-refractivity contribution in [1.82, 2.24) is 0 Å². The molecule has 2 aromatic carbocycles. The molecular formula is C32H38O18. The van der Waals surface area contributed by atoms with Crippen LogP contribution in [0.15, 0.2) is 39.5 Å². The Morgan fingerprint density at radius 3 is 2.10 bits per heavy atom. The van der Waals surface area contributed by atoms with E-state index in [2.05, 4.69) is 0 Å². The molecule has 18 heteroatoms. The molecule has 0 radical (unpaired) electrons. The van der Waals surface area contributed by atoms with Gasteiger partial charge < -0.3 is 84.6 Å². The van der Waals surface area contributed by atoms with E-state index in [-0.39, 0.29) is 17.1 Å². The summed E-state index contributed by atoms with van der Waals surface area (Å²) in [5, 5.41) is 127. The van der Waals surface area contributed by atoms with Crippen LogP contribution in [0, 0.1) is 0 Å². The standard InChI is InChI=1S/C32H38O18/c1-9-19(37)24(42)27(45)32(47-9)50-31-26(44)21(39)15(7-33)49-30(31)18-23(41)17(29-25(43)20(38)13(36)8-46-29)22(40)16-12(35)6-14(48-28(16)18)10-2-4-11(34)5-3-10/h2-6,9,13,15,19-21,24-27,29-34,36-45H,7-8H2,1H3/t9-,13-,15+,19-,20-,21-,24+,25+,26-,27+,29-,30-,31+,32-/m0/s1. The molecule has 18 nitrogen and oxygen atoms in total. The van der Waals surface area contributed by atoms with Gasteiger partial charge in [-0.2, -0.15) is 0 Å². The lowest BCUT2D eigenvalue weighted by molar-refractivity contribution is -0.338. The van der Waals surface area contributed by atoms with Crippen molar-refractivity contribution >= 4 is 11.0 Å². The normalized spacial score (nSPS) is 38.0. The van der Waals surface area contributed by atoms with Crippen molar-refractivity contribution in [2.45, 2.75) is 92.6 Å². The number of aliphatic hydroxyl groups excluding tert-OH is 9. The monoisotopic (exact) mass is 710 g/mol. The topological polar surface area (TPSA) is 310 Å². The Labute approximate surface area is 281 Å². The van der Waals surface area contributed by atoms with Crippen molar-refractivity contribution in [3.63, 3.8) is 0 Å². The van der Waals surface area contributed by atoms with Crippen molar-refractivity contribution in [2.75, 3.05) is 13.2 Å². The predicted molar refractivity (Wildman–Crippen MR) is 164 cm³/mol. The first kappa shape index (κ1) is 36.3. The van der Waals surface area contributed by atoms with Crippen LogP contribution in [-0.2, 0) is 18.9 Å². The van der Waals surface area contributed by atoms with Crippen molar-refractivity contribution < 1.29 is 84.6 Å². The van der Waals surface area contributed by atoms with E-state index in [1.165, 1.54) is 31.2 Å². The molecule has 12 N–H and O–H groups in total. The molecule has 0 saturated carbocycles. The van der Waals surface area contributed by atoms with Gasteiger partial charge in [0.05, 0.1) is 30.4 Å². The van der Waals surface area contributed by atoms with Gasteiger partial charge in [0.15, 0.2) is 17.3 Å². The average molecular weight is 711 g/mol. The fourth-order valence-electron chi connectivity index (χ4n) is 6.52. The van der Waals surface area contributed by atoms with Gasteiger partial charge in [-0.3, -0.25) is 4.79 Å². The molecule has 0 aliphatic carbocycles. The molecule has 0 unspecified atom stereocenters. The van der Waals surface area contributed by atoms with Crippen molar-refractivity contribution in [3.8, 4) is 28.6 Å². The van der Waals surface area contributed by atoms with Gasteiger partial charge in [0.1, 0.15) is 102 Å². The summed E-state index contributed by atoms with van der Waals surface area (Å²) in [4.78, 5) is 13.8. The van der Waals surface area contributed by atoms with Crippen LogP contribution >= 0.6 is 0 Å². The number of benzene rings is 2. The summed E-state index contributed by atoms with van der Waals surface area (Å²) in [5.74, 6) is -2.24. The molecule has 0 spiro atoms. The van der Waals surface area contributed by atoms with Gasteiger partial charge >= 0.3 is 0 Å². The maximum Gasteiger partial charge on any atom is 0.197 e. The SMILES string of the molecule is C[C@@H]1O[C@@H](O[C@@H]2[C@@H](O)[C@@H](O)[C@@H](CO)O[C@H]2c2c(O)c([C@@H]3OC[C@H](O)[C@H](O)[C@H]3O)c(O)c3c(=O)cc(-c4ccc(O)cc4)oc23)[C@H](O)[C@H](O)[C@H]1O. The number of hydrogen-bond donors (Lipinski definition) is 12. The van der Waals surface area contributed by atoms with E-state index >= 15 is 0 Å². The first-order valence-electron chi connectivity index (χ1n) is 15.6. The second-order valence-electron chi connectivity index (χ2n) is 12.6. The number of phenolic OH excluding ortho intramolecular Hbond substituents is 3. The van der Waals surface area contributed by atoms with E-state index in [1.807, 2.05) is 0 Å². The fourth-order valence-corrected chi connectivity index (χ4v) is 6.52. The van der Waals surface area contributed by atoms with Gasteiger partial charge in [-0.1, -0.05) is 0 Å². The Morgan fingerprint density at radius 1 is 0.760 bits per heavy atom. The van der Waals surface area contributed by atoms with E-state index in [4.69, 9.17) is 23.4 Å². The Balaban J connectivity index is 1.60. The number of aliphatic hydroxyl groups is 9. The highest BCUT2D eigenvalue weighted by molar-refractivity contribution is 5.92. The molecule has 274 valence electrons. The highest BCUT2D eigenvalue weighted by Crippen LogP contribution is 2.51. The van der Waals surface area contributed by atoms with E-state index in [1.54, 1.807) is 0 Å². The van der Waals surface area contributed by atoms with Gasteiger partial charge in [-0.25, -0.2) is 0 Å². The van der Waals surface area contributed by atoms with Crippen LogP contribution in [-0.4, -0.2) is 148 Å². The zero-order valence-electron chi connectivity index (χ0n) is 26.2. The lowest BCUT2D eigenvalue weighted by Crippen LogP contribution is -2.61. The van der Waals surface area contributed by atoms with Gasteiger partial charge in [0.2, 0.25) is 0 Å². The van der Waals surface area contributed by atoms with Gasteiger partial charge in [-0.15, -0.1) is 0 Å². The molecule has 3 aromatic rings. The second kappa shape index (κ2) is 13.9. The fraction of sp³-hybridized carbons (Fsp3) is 0.531. The Hall–Kier alpha value is -3.47. The molecule has 3 aliphatic heterocycles. The maximum absolute atomic E-state index is 13.8. The third kappa shape index (κ3) is 6.11. The minimum atomic E-state index is -2.02. The zero-order chi connectivity index (χ0) is 36.3. The number of ether oxygens (including phenoxy) is 4. The molecule has 3 saturated heterocycles. The minimum Gasteiger partial charge on any atom is -0.508 e. The lowest BCUT2D eigenvalue weighted by atomic mass is 9.85. The molecule has 50 heavy (non-hydrogen) atoms. The molecule has 0 bridgehead atoms. The first-order chi connectivity index (χ1) is 23.7. The number of hydrogen-bond acceptors (Lipinski definition) is 18. The predicted octanol–water partition coefficient (Wildman–Crippen LogP) is -2.90. The molecular weight excluding hydrogens is 672 g/mol. The van der Waals surface area contributed by atoms with Crippen LogP contribution in [0.5, 0.6) is 17.2 Å². The maximum atomic E-state index is 13.8. The summed E-state index contributed by atoms with van der Waals surface area (Å²) >= 11 is 0. The van der Waals surface area contributed by atoms with Crippen LogP contribution in [0.1, 0.15) is 30.3 Å². The summed E-state index contributed by atoms with van der Waals surface area (Å²) in [6, 6.07) is 6.33. The number of aromatic hydroxyl groups is 3. The quantitative estimate of drug-likeness (QED) is 0.122. The molecule has 14 atom stereocenters. The second-order valence-corrected chi connectivity index (χ2v) is 12.6. The molecule has 3 fully saturated rings. The highest BCUT2D eigenvalue weighted by Gasteiger charge is 2.52. The first-order valence-corrected chi connectivity index (χ1v) is 15.6.